The van der Waals surface area contributed by atoms with E-state index in [1.165, 1.54) is 0 Å². The Balaban J connectivity index is 1.35. The third-order valence-corrected chi connectivity index (χ3v) is 7.13. The summed E-state index contributed by atoms with van der Waals surface area (Å²) in [5.41, 5.74) is 1.02. The summed E-state index contributed by atoms with van der Waals surface area (Å²) in [6.45, 7) is 7.45. The Morgan fingerprint density at radius 1 is 1.06 bits per heavy atom. The molecule has 0 aliphatic carbocycles. The van der Waals surface area contributed by atoms with Gasteiger partial charge in [0.05, 0.1) is 24.6 Å². The summed E-state index contributed by atoms with van der Waals surface area (Å²) < 4.78 is 38.9. The Kier molecular flexibility index (Phi) is 9.74. The highest BCUT2D eigenvalue weighted by molar-refractivity contribution is 7.89. The van der Waals surface area contributed by atoms with E-state index in [2.05, 4.69) is 14.9 Å². The summed E-state index contributed by atoms with van der Waals surface area (Å²) in [7, 11) is -3.53. The van der Waals surface area contributed by atoms with Gasteiger partial charge in [-0.2, -0.15) is 0 Å². The molecule has 0 bridgehead atoms. The zero-order chi connectivity index (χ0) is 24.4. The maximum absolute atomic E-state index is 12.5. The minimum atomic E-state index is -3.53. The molecule has 1 aliphatic heterocycles. The lowest BCUT2D eigenvalue weighted by Crippen LogP contribution is -2.45. The molecule has 1 unspecified atom stereocenters. The Hall–Kier alpha value is -2.62. The number of nitrogens with one attached hydrogen (secondary N) is 2. The van der Waals surface area contributed by atoms with Crippen molar-refractivity contribution >= 4 is 15.9 Å². The molecule has 0 spiro atoms. The summed E-state index contributed by atoms with van der Waals surface area (Å²) in [6, 6.07) is 14.2. The van der Waals surface area contributed by atoms with Crippen LogP contribution in [0, 0.1) is 12.8 Å². The summed E-state index contributed by atoms with van der Waals surface area (Å²) in [5.74, 6) is 1.64. The number of ether oxygens (including phenoxy) is 2. The molecule has 2 N–H and O–H groups in total. The summed E-state index contributed by atoms with van der Waals surface area (Å²) >= 11 is 0. The minimum absolute atomic E-state index is 0.0591. The third kappa shape index (κ3) is 8.30. The van der Waals surface area contributed by atoms with Crippen molar-refractivity contribution in [3.63, 3.8) is 0 Å². The van der Waals surface area contributed by atoms with E-state index in [0.717, 1.165) is 36.4 Å². The number of sulfonamides is 1. The number of amides is 1. The predicted octanol–water partition coefficient (Wildman–Crippen LogP) is 2.58. The average molecular weight is 490 g/mol. The van der Waals surface area contributed by atoms with Crippen molar-refractivity contribution in [2.45, 2.75) is 31.6 Å². The van der Waals surface area contributed by atoms with Crippen LogP contribution in [0.5, 0.6) is 11.5 Å². The van der Waals surface area contributed by atoms with Crippen LogP contribution >= 0.6 is 0 Å². The monoisotopic (exact) mass is 489 g/mol. The van der Waals surface area contributed by atoms with Gasteiger partial charge in [-0.25, -0.2) is 13.1 Å². The fourth-order valence-electron chi connectivity index (χ4n) is 3.91. The quantitative estimate of drug-likeness (QED) is 0.445. The van der Waals surface area contributed by atoms with Gasteiger partial charge in [0, 0.05) is 13.1 Å². The van der Waals surface area contributed by atoms with Crippen molar-refractivity contribution in [2.24, 2.45) is 5.92 Å². The second kappa shape index (κ2) is 12.7. The van der Waals surface area contributed by atoms with E-state index < -0.39 is 10.0 Å². The highest BCUT2D eigenvalue weighted by atomic mass is 32.2. The topological polar surface area (TPSA) is 97.0 Å². The van der Waals surface area contributed by atoms with Crippen LogP contribution in [0.25, 0.3) is 0 Å². The molecule has 0 radical (unpaired) electrons. The van der Waals surface area contributed by atoms with E-state index in [1.54, 1.807) is 24.3 Å². The second-order valence-electron chi connectivity index (χ2n) is 8.51. The van der Waals surface area contributed by atoms with E-state index in [-0.39, 0.29) is 16.7 Å². The highest BCUT2D eigenvalue weighted by Gasteiger charge is 2.23. The third-order valence-electron chi connectivity index (χ3n) is 5.69. The SMILES string of the molecule is CCOc1ccc(OCCNC(=O)CN2CCCC(CNS(=O)(=O)c3ccc(C)cc3)C2)cc1. The van der Waals surface area contributed by atoms with Gasteiger partial charge in [-0.1, -0.05) is 17.7 Å². The minimum Gasteiger partial charge on any atom is -0.494 e. The molecule has 0 saturated carbocycles. The Labute approximate surface area is 202 Å². The average Bonchev–Trinajstić information content (AvgIpc) is 2.82. The van der Waals surface area contributed by atoms with Crippen molar-refractivity contribution in [3.05, 3.63) is 54.1 Å². The van der Waals surface area contributed by atoms with Crippen LogP contribution in [0.15, 0.2) is 53.4 Å². The summed E-state index contributed by atoms with van der Waals surface area (Å²) in [5, 5.41) is 2.89. The van der Waals surface area contributed by atoms with Crippen molar-refractivity contribution < 1.29 is 22.7 Å². The molecule has 1 amide bonds. The molecular formula is C25H35N3O5S. The molecular weight excluding hydrogens is 454 g/mol. The van der Waals surface area contributed by atoms with Gasteiger partial charge in [0.25, 0.3) is 0 Å². The van der Waals surface area contributed by atoms with Gasteiger partial charge in [-0.3, -0.25) is 9.69 Å². The van der Waals surface area contributed by atoms with Crippen molar-refractivity contribution in [1.29, 1.82) is 0 Å². The van der Waals surface area contributed by atoms with Crippen molar-refractivity contribution in [2.75, 3.05) is 45.9 Å². The number of hydrogen-bond acceptors (Lipinski definition) is 6. The van der Waals surface area contributed by atoms with Crippen LogP contribution in [-0.2, 0) is 14.8 Å². The maximum Gasteiger partial charge on any atom is 0.240 e. The number of carbonyl (C=O) groups excluding carboxylic acids is 1. The van der Waals surface area contributed by atoms with Gasteiger partial charge < -0.3 is 14.8 Å². The van der Waals surface area contributed by atoms with E-state index in [0.29, 0.717) is 39.4 Å². The Morgan fingerprint density at radius 2 is 1.74 bits per heavy atom. The first-order valence-electron chi connectivity index (χ1n) is 11.8. The number of piperidine rings is 1. The zero-order valence-electron chi connectivity index (χ0n) is 20.0. The van der Waals surface area contributed by atoms with E-state index in [4.69, 9.17) is 9.47 Å². The molecule has 186 valence electrons. The van der Waals surface area contributed by atoms with Crippen LogP contribution < -0.4 is 19.5 Å². The standard InChI is InChI=1S/C25H35N3O5S/c1-3-32-22-8-10-23(11-9-22)33-16-14-26-25(29)19-28-15-4-5-21(18-28)17-27-34(30,31)24-12-6-20(2)7-13-24/h6-13,21,27H,3-5,14-19H2,1-2H3,(H,26,29). The van der Waals surface area contributed by atoms with Crippen molar-refractivity contribution in [1.82, 2.24) is 14.9 Å². The van der Waals surface area contributed by atoms with Gasteiger partial charge in [0.2, 0.25) is 15.9 Å². The largest absolute Gasteiger partial charge is 0.494 e. The molecule has 1 fully saturated rings. The zero-order valence-corrected chi connectivity index (χ0v) is 20.8. The highest BCUT2D eigenvalue weighted by Crippen LogP contribution is 2.18. The Bertz CT molecular complexity index is 1010. The fourth-order valence-corrected chi connectivity index (χ4v) is 5.02. The molecule has 9 heteroatoms. The van der Waals surface area contributed by atoms with Gasteiger partial charge >= 0.3 is 0 Å². The van der Waals surface area contributed by atoms with Gasteiger partial charge in [-0.05, 0) is 75.5 Å². The number of likely N-dealkylation sites (tertiary alicyclic amines) is 1. The molecule has 1 atom stereocenters. The van der Waals surface area contributed by atoms with E-state index in [1.807, 2.05) is 38.1 Å². The Morgan fingerprint density at radius 3 is 2.41 bits per heavy atom. The predicted molar refractivity (Wildman–Crippen MR) is 132 cm³/mol. The first kappa shape index (κ1) is 26.0. The van der Waals surface area contributed by atoms with Crippen LogP contribution in [0.2, 0.25) is 0 Å². The van der Waals surface area contributed by atoms with Gasteiger partial charge in [0.1, 0.15) is 18.1 Å². The smallest absolute Gasteiger partial charge is 0.240 e. The number of rotatable bonds is 12. The first-order chi connectivity index (χ1) is 16.4. The fraction of sp³-hybridized carbons (Fsp3) is 0.480. The van der Waals surface area contributed by atoms with Crippen LogP contribution in [0.3, 0.4) is 0 Å². The number of hydrogen-bond donors (Lipinski definition) is 2. The van der Waals surface area contributed by atoms with E-state index >= 15 is 0 Å². The molecule has 1 heterocycles. The van der Waals surface area contributed by atoms with Crippen LogP contribution in [-0.4, -0.2) is 65.2 Å². The summed E-state index contributed by atoms with van der Waals surface area (Å²) in [4.78, 5) is 14.7. The molecule has 1 saturated heterocycles. The lowest BCUT2D eigenvalue weighted by Gasteiger charge is -2.32. The number of benzene rings is 2. The number of carbonyl (C=O) groups is 1. The van der Waals surface area contributed by atoms with E-state index in [9.17, 15) is 13.2 Å². The maximum atomic E-state index is 12.5. The molecule has 3 rings (SSSR count). The molecule has 2 aromatic rings. The van der Waals surface area contributed by atoms with Gasteiger partial charge in [0.15, 0.2) is 0 Å². The van der Waals surface area contributed by atoms with Crippen molar-refractivity contribution in [3.8, 4) is 11.5 Å². The number of nitrogens with zero attached hydrogens (tertiary/aromatic N) is 1. The molecule has 0 aromatic heterocycles. The van der Waals surface area contributed by atoms with Crippen LogP contribution in [0.4, 0.5) is 0 Å². The molecule has 1 aliphatic rings. The lowest BCUT2D eigenvalue weighted by molar-refractivity contribution is -0.122. The molecule has 2 aromatic carbocycles. The second-order valence-corrected chi connectivity index (χ2v) is 10.3. The van der Waals surface area contributed by atoms with Crippen LogP contribution in [0.1, 0.15) is 25.3 Å². The number of aryl methyl sites for hydroxylation is 1. The first-order valence-corrected chi connectivity index (χ1v) is 13.2. The molecule has 34 heavy (non-hydrogen) atoms. The van der Waals surface area contributed by atoms with Gasteiger partial charge in [-0.15, -0.1) is 0 Å². The molecule has 8 nitrogen and oxygen atoms in total. The normalized spacial score (nSPS) is 16.7. The summed E-state index contributed by atoms with van der Waals surface area (Å²) in [6.07, 6.45) is 1.87. The lowest BCUT2D eigenvalue weighted by atomic mass is 9.98.